The van der Waals surface area contributed by atoms with E-state index in [9.17, 15) is 14.7 Å². The Kier molecular flexibility index (Phi) is 4.09. The lowest BCUT2D eigenvalue weighted by Gasteiger charge is -2.31. The summed E-state index contributed by atoms with van der Waals surface area (Å²) < 4.78 is 11.1. The van der Waals surface area contributed by atoms with E-state index in [1.54, 1.807) is 31.2 Å². The summed E-state index contributed by atoms with van der Waals surface area (Å²) in [6.45, 7) is 1.44. The van der Waals surface area contributed by atoms with Gasteiger partial charge in [-0.1, -0.05) is 12.1 Å². The van der Waals surface area contributed by atoms with Crippen molar-refractivity contribution in [2.45, 2.75) is 25.2 Å². The number of amides is 2. The van der Waals surface area contributed by atoms with E-state index in [-0.39, 0.29) is 6.54 Å². The zero-order chi connectivity index (χ0) is 14.7. The molecule has 2 rings (SSSR count). The van der Waals surface area contributed by atoms with E-state index in [4.69, 9.17) is 15.2 Å². The molecule has 3 atom stereocenters. The van der Waals surface area contributed by atoms with Gasteiger partial charge in [-0.2, -0.15) is 0 Å². The van der Waals surface area contributed by atoms with Crippen LogP contribution in [-0.4, -0.2) is 41.8 Å². The summed E-state index contributed by atoms with van der Waals surface area (Å²) in [5, 5.41) is 11.6. The highest BCUT2D eigenvalue weighted by Crippen LogP contribution is 2.33. The third-order valence-corrected chi connectivity index (χ3v) is 2.90. The van der Waals surface area contributed by atoms with Crippen molar-refractivity contribution >= 4 is 11.8 Å². The molecule has 3 unspecified atom stereocenters. The predicted octanol–water partition coefficient (Wildman–Crippen LogP) is -0.823. The van der Waals surface area contributed by atoms with Crippen molar-refractivity contribution in [3.63, 3.8) is 0 Å². The summed E-state index contributed by atoms with van der Waals surface area (Å²) in [5.41, 5.74) is 4.89. The van der Waals surface area contributed by atoms with Gasteiger partial charge in [-0.05, 0) is 19.1 Å². The number of aliphatic hydroxyl groups excluding tert-OH is 1. The van der Waals surface area contributed by atoms with E-state index in [1.807, 2.05) is 0 Å². The zero-order valence-electron chi connectivity index (χ0n) is 10.9. The molecular formula is C13H16N2O5. The molecule has 20 heavy (non-hydrogen) atoms. The SMILES string of the molecule is CC1Oc2ccccc2OC1C(=O)NCC(O)C(N)=O. The molecule has 7 nitrogen and oxygen atoms in total. The van der Waals surface area contributed by atoms with Crippen molar-refractivity contribution in [2.75, 3.05) is 6.54 Å². The molecule has 0 aromatic heterocycles. The molecule has 1 heterocycles. The number of fused-ring (bicyclic) bond motifs is 1. The van der Waals surface area contributed by atoms with Crippen LogP contribution in [0.25, 0.3) is 0 Å². The number of primary amides is 1. The van der Waals surface area contributed by atoms with E-state index < -0.39 is 30.1 Å². The average Bonchev–Trinajstić information content (AvgIpc) is 2.43. The normalized spacial score (nSPS) is 21.9. The third-order valence-electron chi connectivity index (χ3n) is 2.90. The van der Waals surface area contributed by atoms with Gasteiger partial charge in [0.15, 0.2) is 11.5 Å². The molecule has 108 valence electrons. The first-order chi connectivity index (χ1) is 9.49. The van der Waals surface area contributed by atoms with Crippen molar-refractivity contribution in [1.29, 1.82) is 0 Å². The molecule has 1 aliphatic heterocycles. The summed E-state index contributed by atoms with van der Waals surface area (Å²) in [6.07, 6.45) is -2.77. The third kappa shape index (κ3) is 3.00. The maximum atomic E-state index is 12.0. The number of ether oxygens (including phenoxy) is 2. The first-order valence-electron chi connectivity index (χ1n) is 6.16. The van der Waals surface area contributed by atoms with Crippen LogP contribution in [0, 0.1) is 0 Å². The van der Waals surface area contributed by atoms with E-state index >= 15 is 0 Å². The molecule has 1 aromatic rings. The summed E-state index contributed by atoms with van der Waals surface area (Å²) in [4.78, 5) is 22.6. The molecule has 4 N–H and O–H groups in total. The fourth-order valence-corrected chi connectivity index (χ4v) is 1.80. The lowest BCUT2D eigenvalue weighted by atomic mass is 10.1. The minimum absolute atomic E-state index is 0.262. The van der Waals surface area contributed by atoms with Gasteiger partial charge in [0.2, 0.25) is 12.0 Å². The molecule has 0 fully saturated rings. The second-order valence-corrected chi connectivity index (χ2v) is 4.47. The monoisotopic (exact) mass is 280 g/mol. The summed E-state index contributed by atoms with van der Waals surface area (Å²) in [7, 11) is 0. The second-order valence-electron chi connectivity index (χ2n) is 4.47. The molecule has 7 heteroatoms. The van der Waals surface area contributed by atoms with Gasteiger partial charge >= 0.3 is 0 Å². The number of benzene rings is 1. The standard InChI is InChI=1S/C13H16N2O5/c1-7-11(13(18)15-6-8(16)12(14)17)20-10-5-3-2-4-9(10)19-7/h2-5,7-8,11,16H,6H2,1H3,(H2,14,17)(H,15,18). The van der Waals surface area contributed by atoms with Crippen LogP contribution >= 0.6 is 0 Å². The molecule has 0 bridgehead atoms. The van der Waals surface area contributed by atoms with Gasteiger partial charge < -0.3 is 25.6 Å². The molecule has 0 saturated heterocycles. The highest BCUT2D eigenvalue weighted by Gasteiger charge is 2.34. The first kappa shape index (κ1) is 14.1. The van der Waals surface area contributed by atoms with E-state index in [0.717, 1.165) is 0 Å². The molecule has 0 saturated carbocycles. The van der Waals surface area contributed by atoms with Crippen LogP contribution in [0.1, 0.15) is 6.92 Å². The Morgan fingerprint density at radius 3 is 2.55 bits per heavy atom. The van der Waals surface area contributed by atoms with Gasteiger partial charge in [-0.15, -0.1) is 0 Å². The Balaban J connectivity index is 1.99. The predicted molar refractivity (Wildman–Crippen MR) is 69.2 cm³/mol. The maximum Gasteiger partial charge on any atom is 0.265 e. The largest absolute Gasteiger partial charge is 0.482 e. The average molecular weight is 280 g/mol. The summed E-state index contributed by atoms with van der Waals surface area (Å²) in [6, 6.07) is 7.01. The minimum Gasteiger partial charge on any atom is -0.482 e. The van der Waals surface area contributed by atoms with Crippen molar-refractivity contribution < 1.29 is 24.2 Å². The molecule has 0 radical (unpaired) electrons. The van der Waals surface area contributed by atoms with E-state index in [0.29, 0.717) is 11.5 Å². The van der Waals surface area contributed by atoms with Crippen LogP contribution in [0.3, 0.4) is 0 Å². The van der Waals surface area contributed by atoms with Gasteiger partial charge in [0.25, 0.3) is 5.91 Å². The highest BCUT2D eigenvalue weighted by molar-refractivity contribution is 5.84. The van der Waals surface area contributed by atoms with Crippen molar-refractivity contribution in [2.24, 2.45) is 5.73 Å². The van der Waals surface area contributed by atoms with E-state index in [2.05, 4.69) is 5.32 Å². The summed E-state index contributed by atoms with van der Waals surface area (Å²) in [5.74, 6) is -0.334. The Morgan fingerprint density at radius 2 is 1.95 bits per heavy atom. The van der Waals surface area contributed by atoms with Gasteiger partial charge in [0, 0.05) is 0 Å². The van der Waals surface area contributed by atoms with Crippen LogP contribution in [0.15, 0.2) is 24.3 Å². The number of para-hydroxylation sites is 2. The number of nitrogens with two attached hydrogens (primary N) is 1. The number of nitrogens with one attached hydrogen (secondary N) is 1. The topological polar surface area (TPSA) is 111 Å². The van der Waals surface area contributed by atoms with Gasteiger partial charge in [0.1, 0.15) is 12.2 Å². The van der Waals surface area contributed by atoms with Crippen LogP contribution in [-0.2, 0) is 9.59 Å². The number of hydrogen-bond acceptors (Lipinski definition) is 5. The number of carbonyl (C=O) groups excluding carboxylic acids is 2. The molecular weight excluding hydrogens is 264 g/mol. The number of aliphatic hydroxyl groups is 1. The molecule has 1 aliphatic rings. The Morgan fingerprint density at radius 1 is 1.35 bits per heavy atom. The Bertz CT molecular complexity index is 519. The fourth-order valence-electron chi connectivity index (χ4n) is 1.80. The fraction of sp³-hybridized carbons (Fsp3) is 0.385. The number of carbonyl (C=O) groups is 2. The highest BCUT2D eigenvalue weighted by atomic mass is 16.6. The van der Waals surface area contributed by atoms with Crippen LogP contribution < -0.4 is 20.5 Å². The minimum atomic E-state index is -1.42. The molecule has 2 amide bonds. The molecule has 1 aromatic carbocycles. The van der Waals surface area contributed by atoms with Gasteiger partial charge in [0.05, 0.1) is 6.54 Å². The maximum absolute atomic E-state index is 12.0. The van der Waals surface area contributed by atoms with Crippen LogP contribution in [0.2, 0.25) is 0 Å². The number of hydrogen-bond donors (Lipinski definition) is 3. The molecule has 0 spiro atoms. The zero-order valence-corrected chi connectivity index (χ0v) is 10.9. The lowest BCUT2D eigenvalue weighted by Crippen LogP contribution is -2.51. The quantitative estimate of drug-likeness (QED) is 0.667. The van der Waals surface area contributed by atoms with Crippen molar-refractivity contribution in [3.8, 4) is 11.5 Å². The van der Waals surface area contributed by atoms with Crippen LogP contribution in [0.4, 0.5) is 0 Å². The van der Waals surface area contributed by atoms with E-state index in [1.165, 1.54) is 0 Å². The van der Waals surface area contributed by atoms with Gasteiger partial charge in [-0.3, -0.25) is 9.59 Å². The van der Waals surface area contributed by atoms with Crippen molar-refractivity contribution in [3.05, 3.63) is 24.3 Å². The Hall–Kier alpha value is -2.28. The Labute approximate surface area is 115 Å². The van der Waals surface area contributed by atoms with Gasteiger partial charge in [-0.25, -0.2) is 0 Å². The summed E-state index contributed by atoms with van der Waals surface area (Å²) >= 11 is 0. The first-order valence-corrected chi connectivity index (χ1v) is 6.16. The van der Waals surface area contributed by atoms with Crippen molar-refractivity contribution in [1.82, 2.24) is 5.32 Å². The van der Waals surface area contributed by atoms with Crippen LogP contribution in [0.5, 0.6) is 11.5 Å². The smallest absolute Gasteiger partial charge is 0.265 e. The molecule has 0 aliphatic carbocycles. The number of rotatable bonds is 4. The second kappa shape index (κ2) is 5.79. The lowest BCUT2D eigenvalue weighted by molar-refractivity contribution is -0.134.